The molecule has 3 heterocycles. The first-order valence-electron chi connectivity index (χ1n) is 9.40. The van der Waals surface area contributed by atoms with Crippen LogP contribution in [-0.2, 0) is 11.2 Å². The summed E-state index contributed by atoms with van der Waals surface area (Å²) in [7, 11) is 0. The summed E-state index contributed by atoms with van der Waals surface area (Å²) < 4.78 is 2.42. The molecule has 2 amide bonds. The van der Waals surface area contributed by atoms with Crippen LogP contribution in [0.3, 0.4) is 0 Å². The Labute approximate surface area is 186 Å². The van der Waals surface area contributed by atoms with Crippen LogP contribution in [-0.4, -0.2) is 36.4 Å². The van der Waals surface area contributed by atoms with Gasteiger partial charge in [0.15, 0.2) is 5.82 Å². The van der Waals surface area contributed by atoms with E-state index >= 15 is 0 Å². The molecule has 156 valence electrons. The van der Waals surface area contributed by atoms with Gasteiger partial charge in [0.05, 0.1) is 6.42 Å². The maximum Gasteiger partial charge on any atom is 0.256 e. The first-order valence-corrected chi connectivity index (χ1v) is 10.2. The molecule has 0 aliphatic heterocycles. The maximum atomic E-state index is 12.5. The van der Waals surface area contributed by atoms with Crippen LogP contribution in [0.4, 0.5) is 11.5 Å². The molecule has 4 aromatic rings. The highest BCUT2D eigenvalue weighted by molar-refractivity contribution is 9.10. The fourth-order valence-electron chi connectivity index (χ4n) is 3.01. The number of rotatable bonds is 5. The Morgan fingerprint density at radius 2 is 1.90 bits per heavy atom. The Morgan fingerprint density at radius 1 is 1.06 bits per heavy atom. The number of halogens is 1. The zero-order valence-corrected chi connectivity index (χ0v) is 18.3. The van der Waals surface area contributed by atoms with Crippen molar-refractivity contribution < 1.29 is 9.59 Å². The molecule has 31 heavy (non-hydrogen) atoms. The van der Waals surface area contributed by atoms with E-state index in [9.17, 15) is 9.59 Å². The van der Waals surface area contributed by atoms with Crippen molar-refractivity contribution in [3.05, 3.63) is 75.9 Å². The number of anilines is 2. The zero-order valence-electron chi connectivity index (χ0n) is 16.8. The van der Waals surface area contributed by atoms with Crippen LogP contribution in [0.5, 0.6) is 0 Å². The summed E-state index contributed by atoms with van der Waals surface area (Å²) in [6.45, 7) is 3.78. The van der Waals surface area contributed by atoms with Gasteiger partial charge in [0.25, 0.3) is 11.7 Å². The molecular weight excluding hydrogens is 462 g/mol. The standard InChI is InChI=1S/C21H18BrN7O2/c1-12-8-13(2)29-21(24-12)27-18(28-29)10-19(30)25-16-5-3-4-14(9-16)20(31)26-17-7-6-15(22)11-23-17/h3-9,11H,10H2,1-2H3,(H,25,30)(H,23,26,31). The predicted octanol–water partition coefficient (Wildman–Crippen LogP) is 3.33. The Bertz CT molecular complexity index is 1280. The number of fused-ring (bicyclic) bond motifs is 1. The SMILES string of the molecule is Cc1cc(C)n2nc(CC(=O)Nc3cccc(C(=O)Nc4ccc(Br)cn4)c3)nc2n1. The Balaban J connectivity index is 1.43. The average molecular weight is 480 g/mol. The highest BCUT2D eigenvalue weighted by atomic mass is 79.9. The van der Waals surface area contributed by atoms with Crippen LogP contribution < -0.4 is 10.6 Å². The topological polar surface area (TPSA) is 114 Å². The Kier molecular flexibility index (Phi) is 5.72. The zero-order chi connectivity index (χ0) is 22.0. The average Bonchev–Trinajstić information content (AvgIpc) is 3.12. The third kappa shape index (κ3) is 4.92. The molecule has 9 nitrogen and oxygen atoms in total. The minimum absolute atomic E-state index is 0.0128. The molecule has 0 atom stereocenters. The Morgan fingerprint density at radius 3 is 2.68 bits per heavy atom. The lowest BCUT2D eigenvalue weighted by molar-refractivity contribution is -0.115. The van der Waals surface area contributed by atoms with Crippen molar-refractivity contribution in [3.63, 3.8) is 0 Å². The van der Waals surface area contributed by atoms with Gasteiger partial charge in [-0.2, -0.15) is 4.98 Å². The summed E-state index contributed by atoms with van der Waals surface area (Å²) in [5, 5.41) is 9.84. The number of aromatic nitrogens is 5. The number of pyridine rings is 1. The molecule has 10 heteroatoms. The highest BCUT2D eigenvalue weighted by Gasteiger charge is 2.13. The fraction of sp³-hybridized carbons (Fsp3) is 0.143. The van der Waals surface area contributed by atoms with Crippen LogP contribution in [0, 0.1) is 13.8 Å². The summed E-state index contributed by atoms with van der Waals surface area (Å²) in [5.74, 6) is 0.636. The van der Waals surface area contributed by atoms with Gasteiger partial charge in [0.2, 0.25) is 5.91 Å². The van der Waals surface area contributed by atoms with E-state index in [1.807, 2.05) is 19.9 Å². The summed E-state index contributed by atoms with van der Waals surface area (Å²) in [5.41, 5.74) is 2.61. The molecule has 0 radical (unpaired) electrons. The van der Waals surface area contributed by atoms with E-state index in [1.54, 1.807) is 47.1 Å². The Hall–Kier alpha value is -3.66. The number of hydrogen-bond donors (Lipinski definition) is 2. The number of hydrogen-bond acceptors (Lipinski definition) is 6. The van der Waals surface area contributed by atoms with Gasteiger partial charge >= 0.3 is 0 Å². The van der Waals surface area contributed by atoms with Crippen molar-refractivity contribution in [2.75, 3.05) is 10.6 Å². The van der Waals surface area contributed by atoms with E-state index < -0.39 is 0 Å². The maximum absolute atomic E-state index is 12.5. The number of carbonyl (C=O) groups excluding carboxylic acids is 2. The molecule has 4 rings (SSSR count). The van der Waals surface area contributed by atoms with Gasteiger partial charge in [-0.25, -0.2) is 14.5 Å². The number of nitrogens with one attached hydrogen (secondary N) is 2. The van der Waals surface area contributed by atoms with E-state index in [0.29, 0.717) is 28.7 Å². The first-order chi connectivity index (χ1) is 14.9. The van der Waals surface area contributed by atoms with Crippen molar-refractivity contribution in [2.24, 2.45) is 0 Å². The first kappa shape index (κ1) is 20.6. The fourth-order valence-corrected chi connectivity index (χ4v) is 3.24. The molecule has 0 unspecified atom stereocenters. The second-order valence-corrected chi connectivity index (χ2v) is 7.82. The monoisotopic (exact) mass is 479 g/mol. The normalized spacial score (nSPS) is 10.8. The molecule has 0 bridgehead atoms. The van der Waals surface area contributed by atoms with E-state index in [-0.39, 0.29) is 18.2 Å². The smallest absolute Gasteiger partial charge is 0.256 e. The molecule has 1 aromatic carbocycles. The van der Waals surface area contributed by atoms with Crippen LogP contribution in [0.25, 0.3) is 5.78 Å². The second kappa shape index (κ2) is 8.60. The number of amides is 2. The summed E-state index contributed by atoms with van der Waals surface area (Å²) in [4.78, 5) is 37.7. The molecule has 0 fully saturated rings. The van der Waals surface area contributed by atoms with Gasteiger partial charge in [0.1, 0.15) is 5.82 Å². The van der Waals surface area contributed by atoms with E-state index in [4.69, 9.17) is 0 Å². The minimum atomic E-state index is -0.329. The van der Waals surface area contributed by atoms with Crippen molar-refractivity contribution in [1.29, 1.82) is 0 Å². The molecule has 3 aromatic heterocycles. The van der Waals surface area contributed by atoms with Crippen molar-refractivity contribution in [1.82, 2.24) is 24.6 Å². The molecule has 0 saturated carbocycles. The van der Waals surface area contributed by atoms with E-state index in [0.717, 1.165) is 15.9 Å². The van der Waals surface area contributed by atoms with Gasteiger partial charge < -0.3 is 10.6 Å². The van der Waals surface area contributed by atoms with Crippen molar-refractivity contribution in [2.45, 2.75) is 20.3 Å². The molecule has 0 aliphatic rings. The van der Waals surface area contributed by atoms with Gasteiger partial charge in [-0.1, -0.05) is 6.07 Å². The van der Waals surface area contributed by atoms with Gasteiger partial charge in [0, 0.05) is 33.3 Å². The van der Waals surface area contributed by atoms with E-state index in [1.165, 1.54) is 0 Å². The van der Waals surface area contributed by atoms with Crippen LogP contribution in [0.15, 0.2) is 53.1 Å². The number of nitrogens with zero attached hydrogens (tertiary/aromatic N) is 5. The lowest BCUT2D eigenvalue weighted by atomic mass is 10.2. The van der Waals surface area contributed by atoms with Crippen LogP contribution in [0.2, 0.25) is 0 Å². The number of aryl methyl sites for hydroxylation is 2. The number of carbonyl (C=O) groups is 2. The van der Waals surface area contributed by atoms with Crippen LogP contribution in [0.1, 0.15) is 27.6 Å². The largest absolute Gasteiger partial charge is 0.326 e. The molecule has 2 N–H and O–H groups in total. The lowest BCUT2D eigenvalue weighted by Gasteiger charge is -2.07. The summed E-state index contributed by atoms with van der Waals surface area (Å²) in [6, 6.07) is 12.0. The second-order valence-electron chi connectivity index (χ2n) is 6.90. The molecule has 0 saturated heterocycles. The van der Waals surface area contributed by atoms with Crippen LogP contribution >= 0.6 is 15.9 Å². The van der Waals surface area contributed by atoms with Gasteiger partial charge in [-0.15, -0.1) is 5.10 Å². The predicted molar refractivity (Wildman–Crippen MR) is 119 cm³/mol. The molecular formula is C21H18BrN7O2. The van der Waals surface area contributed by atoms with Crippen molar-refractivity contribution >= 4 is 45.0 Å². The minimum Gasteiger partial charge on any atom is -0.326 e. The van der Waals surface area contributed by atoms with Gasteiger partial charge in [-0.3, -0.25) is 9.59 Å². The van der Waals surface area contributed by atoms with Gasteiger partial charge in [-0.05, 0) is 66.2 Å². The number of benzene rings is 1. The summed E-state index contributed by atoms with van der Waals surface area (Å²) >= 11 is 3.30. The van der Waals surface area contributed by atoms with E-state index in [2.05, 4.69) is 46.6 Å². The third-order valence-electron chi connectivity index (χ3n) is 4.36. The molecule has 0 aliphatic carbocycles. The third-order valence-corrected chi connectivity index (χ3v) is 4.83. The highest BCUT2D eigenvalue weighted by Crippen LogP contribution is 2.15. The van der Waals surface area contributed by atoms with Crippen molar-refractivity contribution in [3.8, 4) is 0 Å². The summed E-state index contributed by atoms with van der Waals surface area (Å²) in [6.07, 6.45) is 1.58. The lowest BCUT2D eigenvalue weighted by Crippen LogP contribution is -2.17. The molecule has 0 spiro atoms. The quantitative estimate of drug-likeness (QED) is 0.453.